The van der Waals surface area contributed by atoms with Gasteiger partial charge in [-0.05, 0) is 32.1 Å². The van der Waals surface area contributed by atoms with Gasteiger partial charge in [0.05, 0.1) is 6.10 Å². The maximum Gasteiger partial charge on any atom is 0.422 e. The number of nitrogens with zero attached hydrogens (tertiary/aromatic N) is 1. The quantitative estimate of drug-likeness (QED) is 0.830. The first kappa shape index (κ1) is 17.8. The summed E-state index contributed by atoms with van der Waals surface area (Å²) in [5, 5.41) is 2.72. The maximum atomic E-state index is 12.1. The second-order valence-corrected chi connectivity index (χ2v) is 5.74. The fraction of sp³-hybridized carbons (Fsp3) is 0.857. The molecule has 0 aromatic heterocycles. The molecule has 23 heavy (non-hydrogen) atoms. The van der Waals surface area contributed by atoms with Crippen molar-refractivity contribution in [3.63, 3.8) is 0 Å². The number of halogens is 3. The van der Waals surface area contributed by atoms with E-state index in [-0.39, 0.29) is 18.6 Å². The van der Waals surface area contributed by atoms with Gasteiger partial charge in [-0.15, -0.1) is 0 Å². The van der Waals surface area contributed by atoms with Crippen molar-refractivity contribution in [1.29, 1.82) is 0 Å². The van der Waals surface area contributed by atoms with Crippen LogP contribution < -0.4 is 5.32 Å². The molecule has 0 saturated carbocycles. The van der Waals surface area contributed by atoms with Crippen molar-refractivity contribution >= 4 is 12.0 Å². The van der Waals surface area contributed by atoms with Crippen LogP contribution in [0.2, 0.25) is 0 Å². The Hall–Kier alpha value is -1.51. The Bertz CT molecular complexity index is 425. The molecule has 0 aromatic carbocycles. The molecule has 0 aromatic rings. The predicted molar refractivity (Wildman–Crippen MR) is 73.7 cm³/mol. The first-order valence-electron chi connectivity index (χ1n) is 7.76. The van der Waals surface area contributed by atoms with Gasteiger partial charge in [0.25, 0.3) is 0 Å². The standard InChI is InChI=1S/C14H21F3N2O4/c15-14(16,17)9-23-13(21)19-7-1-4-11(19)12(20)18-6-5-10-3-2-8-22-10/h10-11H,1-9H2,(H,18,20)/t10-,11+/m1/s1. The third-order valence-electron chi connectivity index (χ3n) is 3.94. The summed E-state index contributed by atoms with van der Waals surface area (Å²) < 4.78 is 45.9. The number of alkyl halides is 3. The highest BCUT2D eigenvalue weighted by Crippen LogP contribution is 2.21. The van der Waals surface area contributed by atoms with Gasteiger partial charge in [-0.25, -0.2) is 4.79 Å². The molecule has 1 N–H and O–H groups in total. The monoisotopic (exact) mass is 338 g/mol. The van der Waals surface area contributed by atoms with Gasteiger partial charge in [-0.3, -0.25) is 9.69 Å². The number of nitrogens with one attached hydrogen (secondary N) is 1. The first-order chi connectivity index (χ1) is 10.9. The lowest BCUT2D eigenvalue weighted by molar-refractivity contribution is -0.162. The molecule has 2 amide bonds. The Morgan fingerprint density at radius 3 is 2.70 bits per heavy atom. The second kappa shape index (κ2) is 7.85. The normalized spacial score (nSPS) is 24.7. The zero-order valence-corrected chi connectivity index (χ0v) is 12.7. The molecule has 2 aliphatic heterocycles. The van der Waals surface area contributed by atoms with Crippen LogP contribution in [0.15, 0.2) is 0 Å². The molecule has 6 nitrogen and oxygen atoms in total. The molecule has 132 valence electrons. The summed E-state index contributed by atoms with van der Waals surface area (Å²) in [5.74, 6) is -0.357. The number of carbonyl (C=O) groups excluding carboxylic acids is 2. The van der Waals surface area contributed by atoms with Crippen molar-refractivity contribution < 1.29 is 32.2 Å². The highest BCUT2D eigenvalue weighted by atomic mass is 19.4. The topological polar surface area (TPSA) is 67.9 Å². The molecule has 9 heteroatoms. The van der Waals surface area contributed by atoms with E-state index in [2.05, 4.69) is 10.1 Å². The van der Waals surface area contributed by atoms with Gasteiger partial charge in [0.2, 0.25) is 5.91 Å². The first-order valence-corrected chi connectivity index (χ1v) is 7.76. The molecule has 2 heterocycles. The van der Waals surface area contributed by atoms with Crippen molar-refractivity contribution in [2.75, 3.05) is 26.3 Å². The molecule has 2 atom stereocenters. The van der Waals surface area contributed by atoms with Crippen LogP contribution >= 0.6 is 0 Å². The van der Waals surface area contributed by atoms with E-state index in [4.69, 9.17) is 4.74 Å². The van der Waals surface area contributed by atoms with Crippen LogP contribution in [-0.2, 0) is 14.3 Å². The van der Waals surface area contributed by atoms with Crippen molar-refractivity contribution in [2.45, 2.75) is 50.4 Å². The van der Waals surface area contributed by atoms with E-state index in [9.17, 15) is 22.8 Å². The third kappa shape index (κ3) is 5.56. The molecule has 2 saturated heterocycles. The van der Waals surface area contributed by atoms with Crippen molar-refractivity contribution in [1.82, 2.24) is 10.2 Å². The fourth-order valence-electron chi connectivity index (χ4n) is 2.83. The van der Waals surface area contributed by atoms with Gasteiger partial charge in [0.15, 0.2) is 6.61 Å². The highest BCUT2D eigenvalue weighted by molar-refractivity contribution is 5.86. The minimum Gasteiger partial charge on any atom is -0.440 e. The fourth-order valence-corrected chi connectivity index (χ4v) is 2.83. The van der Waals surface area contributed by atoms with Crippen LogP contribution in [0.25, 0.3) is 0 Å². The number of amides is 2. The van der Waals surface area contributed by atoms with Crippen molar-refractivity contribution in [3.8, 4) is 0 Å². The number of ether oxygens (including phenoxy) is 2. The Balaban J connectivity index is 1.75. The van der Waals surface area contributed by atoms with Gasteiger partial charge >= 0.3 is 12.3 Å². The van der Waals surface area contributed by atoms with E-state index in [1.165, 1.54) is 0 Å². The van der Waals surface area contributed by atoms with E-state index in [0.717, 1.165) is 24.3 Å². The molecule has 2 fully saturated rings. The minimum atomic E-state index is -4.57. The molecule has 0 spiro atoms. The van der Waals surface area contributed by atoms with Gasteiger partial charge in [-0.1, -0.05) is 0 Å². The van der Waals surface area contributed by atoms with Crippen LogP contribution in [0.3, 0.4) is 0 Å². The lowest BCUT2D eigenvalue weighted by Gasteiger charge is -2.23. The smallest absolute Gasteiger partial charge is 0.422 e. The summed E-state index contributed by atoms with van der Waals surface area (Å²) in [6.07, 6.45) is -1.87. The number of likely N-dealkylation sites (tertiary alicyclic amines) is 1. The molecule has 2 aliphatic rings. The number of carbonyl (C=O) groups is 2. The van der Waals surface area contributed by atoms with Gasteiger partial charge in [0.1, 0.15) is 6.04 Å². The predicted octanol–water partition coefficient (Wildman–Crippen LogP) is 1.83. The van der Waals surface area contributed by atoms with Crippen LogP contribution in [0.1, 0.15) is 32.1 Å². The summed E-state index contributed by atoms with van der Waals surface area (Å²) in [7, 11) is 0. The zero-order chi connectivity index (χ0) is 16.9. The number of hydrogen-bond donors (Lipinski definition) is 1. The Morgan fingerprint density at radius 2 is 2.04 bits per heavy atom. The zero-order valence-electron chi connectivity index (χ0n) is 12.7. The number of hydrogen-bond acceptors (Lipinski definition) is 4. The summed E-state index contributed by atoms with van der Waals surface area (Å²) in [4.78, 5) is 24.9. The molecule has 0 radical (unpaired) electrons. The highest BCUT2D eigenvalue weighted by Gasteiger charge is 2.37. The average Bonchev–Trinajstić information content (AvgIpc) is 3.14. The van der Waals surface area contributed by atoms with Gasteiger partial charge < -0.3 is 14.8 Å². The average molecular weight is 338 g/mol. The molecule has 0 unspecified atom stereocenters. The van der Waals surface area contributed by atoms with E-state index in [0.29, 0.717) is 25.8 Å². The van der Waals surface area contributed by atoms with E-state index in [1.54, 1.807) is 0 Å². The van der Waals surface area contributed by atoms with Crippen LogP contribution in [-0.4, -0.2) is 61.5 Å². The lowest BCUT2D eigenvalue weighted by atomic mass is 10.1. The van der Waals surface area contributed by atoms with E-state index < -0.39 is 24.9 Å². The molecular formula is C14H21F3N2O4. The van der Waals surface area contributed by atoms with Gasteiger partial charge in [0, 0.05) is 19.7 Å². The molecule has 2 rings (SSSR count). The molecule has 0 aliphatic carbocycles. The Morgan fingerprint density at radius 1 is 1.26 bits per heavy atom. The third-order valence-corrected chi connectivity index (χ3v) is 3.94. The van der Waals surface area contributed by atoms with Crippen LogP contribution in [0.4, 0.5) is 18.0 Å². The molecular weight excluding hydrogens is 317 g/mol. The number of rotatable bonds is 5. The summed E-state index contributed by atoms with van der Waals surface area (Å²) in [6, 6.07) is -0.764. The summed E-state index contributed by atoms with van der Waals surface area (Å²) in [5.41, 5.74) is 0. The van der Waals surface area contributed by atoms with Gasteiger partial charge in [-0.2, -0.15) is 13.2 Å². The van der Waals surface area contributed by atoms with Crippen LogP contribution in [0.5, 0.6) is 0 Å². The van der Waals surface area contributed by atoms with Crippen LogP contribution in [0, 0.1) is 0 Å². The van der Waals surface area contributed by atoms with E-state index in [1.807, 2.05) is 0 Å². The molecule has 0 bridgehead atoms. The Kier molecular flexibility index (Phi) is 6.09. The van der Waals surface area contributed by atoms with Crippen molar-refractivity contribution in [2.24, 2.45) is 0 Å². The second-order valence-electron chi connectivity index (χ2n) is 5.74. The largest absolute Gasteiger partial charge is 0.440 e. The van der Waals surface area contributed by atoms with E-state index >= 15 is 0 Å². The summed E-state index contributed by atoms with van der Waals surface area (Å²) in [6.45, 7) is -0.262. The van der Waals surface area contributed by atoms with Crippen molar-refractivity contribution in [3.05, 3.63) is 0 Å². The SMILES string of the molecule is O=C(NCC[C@H]1CCCO1)[C@@H]1CCCN1C(=O)OCC(F)(F)F. The minimum absolute atomic E-state index is 0.145. The Labute approximate surface area is 132 Å². The maximum absolute atomic E-state index is 12.1. The lowest BCUT2D eigenvalue weighted by Crippen LogP contribution is -2.47. The summed E-state index contributed by atoms with van der Waals surface area (Å²) >= 11 is 0.